The van der Waals surface area contributed by atoms with Gasteiger partial charge in [-0.05, 0) is 26.0 Å². The molecule has 7 heteroatoms. The van der Waals surface area contributed by atoms with Gasteiger partial charge in [0, 0.05) is 12.4 Å². The van der Waals surface area contributed by atoms with Crippen LogP contribution >= 0.6 is 0 Å². The van der Waals surface area contributed by atoms with E-state index in [1.165, 1.54) is 50.6 Å². The second kappa shape index (κ2) is 12.2. The maximum Gasteiger partial charge on any atom is 0.346 e. The van der Waals surface area contributed by atoms with E-state index < -0.39 is 11.9 Å². The third-order valence-electron chi connectivity index (χ3n) is 2.44. The molecule has 0 saturated heterocycles. The van der Waals surface area contributed by atoms with E-state index in [1.807, 2.05) is 0 Å². The molecule has 0 rings (SSSR count). The first kappa shape index (κ1) is 21.8. The van der Waals surface area contributed by atoms with Crippen LogP contribution in [0.2, 0.25) is 0 Å². The number of carbonyl (C=O) groups is 4. The van der Waals surface area contributed by atoms with Crippen molar-refractivity contribution in [1.82, 2.24) is 0 Å². The Bertz CT molecular complexity index is 624. The van der Waals surface area contributed by atoms with Gasteiger partial charge in [0.25, 0.3) is 0 Å². The fraction of sp³-hybridized carbons (Fsp3) is 0.222. The molecule has 0 heterocycles. The van der Waals surface area contributed by atoms with Gasteiger partial charge in [0.05, 0.1) is 24.2 Å². The summed E-state index contributed by atoms with van der Waals surface area (Å²) in [7, 11) is 0. The van der Waals surface area contributed by atoms with Crippen LogP contribution < -0.4 is 0 Å². The summed E-state index contributed by atoms with van der Waals surface area (Å²) < 4.78 is 4.70. The SMILES string of the molecule is C=C/C(=C\C=NCC(C)=O)C(=O)OC(=O)/C(C=C)=C/C=NCC(C)=O. The topological polar surface area (TPSA) is 102 Å². The highest BCUT2D eigenvalue weighted by atomic mass is 16.6. The summed E-state index contributed by atoms with van der Waals surface area (Å²) in [6, 6.07) is 0. The molecule has 0 aromatic heterocycles. The molecule has 0 fully saturated rings. The minimum atomic E-state index is -0.928. The Kier molecular flexibility index (Phi) is 10.7. The van der Waals surface area contributed by atoms with Crippen LogP contribution in [0.15, 0.2) is 58.6 Å². The van der Waals surface area contributed by atoms with E-state index in [9.17, 15) is 19.2 Å². The van der Waals surface area contributed by atoms with Crippen LogP contribution in [0.4, 0.5) is 0 Å². The lowest BCUT2D eigenvalue weighted by Crippen LogP contribution is -2.15. The lowest BCUT2D eigenvalue weighted by molar-refractivity contribution is -0.153. The summed E-state index contributed by atoms with van der Waals surface area (Å²) in [4.78, 5) is 52.9. The molecule has 25 heavy (non-hydrogen) atoms. The van der Waals surface area contributed by atoms with Crippen LogP contribution in [-0.4, -0.2) is 49.0 Å². The van der Waals surface area contributed by atoms with Crippen molar-refractivity contribution in [1.29, 1.82) is 0 Å². The van der Waals surface area contributed by atoms with Crippen molar-refractivity contribution >= 4 is 35.9 Å². The molecule has 0 atom stereocenters. The normalized spacial score (nSPS) is 12.2. The molecule has 7 nitrogen and oxygen atoms in total. The standard InChI is InChI=1S/C18H20N2O5/c1-5-15(7-9-19-11-13(3)21)17(23)25-18(24)16(6-2)8-10-20-12-14(4)22/h5-10H,1-2,11-12H2,3-4H3/b15-7+,16-8+,19-9?,20-10?. The van der Waals surface area contributed by atoms with Gasteiger partial charge in [-0.1, -0.05) is 25.3 Å². The average Bonchev–Trinajstić information content (AvgIpc) is 2.54. The van der Waals surface area contributed by atoms with Crippen molar-refractivity contribution in [2.24, 2.45) is 9.98 Å². The number of Topliss-reactive ketones (excluding diaryl/α,β-unsaturated/α-hetero) is 2. The van der Waals surface area contributed by atoms with Gasteiger partial charge in [0.2, 0.25) is 0 Å². The smallest absolute Gasteiger partial charge is 0.346 e. The first-order valence-corrected chi connectivity index (χ1v) is 7.22. The van der Waals surface area contributed by atoms with Crippen LogP contribution in [0.1, 0.15) is 13.8 Å². The summed E-state index contributed by atoms with van der Waals surface area (Å²) in [6.45, 7) is 9.63. The largest absolute Gasteiger partial charge is 0.386 e. The van der Waals surface area contributed by atoms with Crippen molar-refractivity contribution in [3.8, 4) is 0 Å². The van der Waals surface area contributed by atoms with Gasteiger partial charge in [0.1, 0.15) is 0 Å². The molecule has 0 saturated carbocycles. The number of nitrogens with zero attached hydrogens (tertiary/aromatic N) is 2. The van der Waals surface area contributed by atoms with Crippen molar-refractivity contribution in [2.45, 2.75) is 13.8 Å². The number of carbonyl (C=O) groups excluding carboxylic acids is 4. The van der Waals surface area contributed by atoms with Crippen LogP contribution in [0.3, 0.4) is 0 Å². The molecule has 0 aliphatic carbocycles. The molecule has 0 radical (unpaired) electrons. The van der Waals surface area contributed by atoms with E-state index in [2.05, 4.69) is 23.1 Å². The number of hydrogen-bond donors (Lipinski definition) is 0. The zero-order valence-electron chi connectivity index (χ0n) is 14.2. The fourth-order valence-corrected chi connectivity index (χ4v) is 1.27. The van der Waals surface area contributed by atoms with E-state index in [0.717, 1.165) is 0 Å². The maximum absolute atomic E-state index is 11.9. The molecule has 0 N–H and O–H groups in total. The van der Waals surface area contributed by atoms with E-state index >= 15 is 0 Å². The lowest BCUT2D eigenvalue weighted by Gasteiger charge is -2.03. The van der Waals surface area contributed by atoms with E-state index in [1.54, 1.807) is 0 Å². The quantitative estimate of drug-likeness (QED) is 0.197. The maximum atomic E-state index is 11.9. The van der Waals surface area contributed by atoms with E-state index in [0.29, 0.717) is 0 Å². The molecule has 0 aliphatic heterocycles. The molecule has 132 valence electrons. The Hall–Kier alpha value is -3.22. The van der Waals surface area contributed by atoms with Crippen LogP contribution in [0.25, 0.3) is 0 Å². The highest BCUT2D eigenvalue weighted by Crippen LogP contribution is 2.04. The summed E-state index contributed by atoms with van der Waals surface area (Å²) in [5.41, 5.74) is -0.0105. The second-order valence-corrected chi connectivity index (χ2v) is 4.71. The molecule has 0 spiro atoms. The number of ketones is 2. The summed E-state index contributed by atoms with van der Waals surface area (Å²) in [5.74, 6) is -2.12. The molecule has 0 aromatic rings. The number of ether oxygens (including phenoxy) is 1. The number of aliphatic imine (C=N–C) groups is 2. The van der Waals surface area contributed by atoms with E-state index in [-0.39, 0.29) is 35.8 Å². The summed E-state index contributed by atoms with van der Waals surface area (Å²) in [5, 5.41) is 0. The Labute approximate surface area is 146 Å². The van der Waals surface area contributed by atoms with Gasteiger partial charge in [-0.15, -0.1) is 0 Å². The lowest BCUT2D eigenvalue weighted by atomic mass is 10.2. The molecular weight excluding hydrogens is 324 g/mol. The van der Waals surface area contributed by atoms with Crippen LogP contribution in [-0.2, 0) is 23.9 Å². The Morgan fingerprint density at radius 2 is 1.16 bits per heavy atom. The van der Waals surface area contributed by atoms with Crippen molar-refractivity contribution in [2.75, 3.05) is 13.1 Å². The van der Waals surface area contributed by atoms with Crippen molar-refractivity contribution in [3.05, 3.63) is 48.6 Å². The highest BCUT2D eigenvalue weighted by Gasteiger charge is 2.15. The third-order valence-corrected chi connectivity index (χ3v) is 2.44. The number of hydrogen-bond acceptors (Lipinski definition) is 7. The van der Waals surface area contributed by atoms with Gasteiger partial charge in [-0.3, -0.25) is 19.6 Å². The van der Waals surface area contributed by atoms with Gasteiger partial charge in [-0.25, -0.2) is 9.59 Å². The Morgan fingerprint density at radius 1 is 0.800 bits per heavy atom. The van der Waals surface area contributed by atoms with Gasteiger partial charge < -0.3 is 4.74 Å². The number of esters is 2. The second-order valence-electron chi connectivity index (χ2n) is 4.71. The first-order valence-electron chi connectivity index (χ1n) is 7.22. The minimum Gasteiger partial charge on any atom is -0.386 e. The monoisotopic (exact) mass is 344 g/mol. The van der Waals surface area contributed by atoms with Gasteiger partial charge in [0.15, 0.2) is 11.6 Å². The zero-order chi connectivity index (χ0) is 19.2. The molecule has 0 unspecified atom stereocenters. The predicted molar refractivity (Wildman–Crippen MR) is 95.7 cm³/mol. The molecule has 0 aliphatic rings. The Morgan fingerprint density at radius 3 is 1.44 bits per heavy atom. The van der Waals surface area contributed by atoms with Crippen molar-refractivity contribution < 1.29 is 23.9 Å². The van der Waals surface area contributed by atoms with Gasteiger partial charge in [-0.2, -0.15) is 0 Å². The third kappa shape index (κ3) is 10.2. The van der Waals surface area contributed by atoms with Crippen LogP contribution in [0.5, 0.6) is 0 Å². The predicted octanol–water partition coefficient (Wildman–Crippen LogP) is 1.60. The molecule has 0 amide bonds. The number of allylic oxidation sites excluding steroid dienone is 2. The molecule has 0 aromatic carbocycles. The number of rotatable bonds is 10. The van der Waals surface area contributed by atoms with Crippen LogP contribution in [0, 0.1) is 0 Å². The van der Waals surface area contributed by atoms with E-state index in [4.69, 9.17) is 4.74 Å². The molecular formula is C18H20N2O5. The zero-order valence-corrected chi connectivity index (χ0v) is 14.2. The summed E-state index contributed by atoms with van der Waals surface area (Å²) >= 11 is 0. The van der Waals surface area contributed by atoms with Crippen molar-refractivity contribution in [3.63, 3.8) is 0 Å². The minimum absolute atomic E-state index is 0.00527. The summed E-state index contributed by atoms with van der Waals surface area (Å²) in [6.07, 6.45) is 7.45. The van der Waals surface area contributed by atoms with Gasteiger partial charge >= 0.3 is 11.9 Å². The Balaban J connectivity index is 4.95. The average molecular weight is 344 g/mol. The highest BCUT2D eigenvalue weighted by molar-refractivity contribution is 6.07. The first-order chi connectivity index (χ1) is 11.8. The fourth-order valence-electron chi connectivity index (χ4n) is 1.27. The molecule has 0 bridgehead atoms.